The van der Waals surface area contributed by atoms with E-state index in [2.05, 4.69) is 46.6 Å². The summed E-state index contributed by atoms with van der Waals surface area (Å²) in [5.41, 5.74) is 5.79. The molecular weight excluding hydrogens is 352 g/mol. The van der Waals surface area contributed by atoms with Crippen LogP contribution >= 0.6 is 0 Å². The number of amides is 1. The van der Waals surface area contributed by atoms with Gasteiger partial charge in [-0.2, -0.15) is 5.10 Å². The number of pyridine rings is 1. The molecule has 6 nitrogen and oxygen atoms in total. The van der Waals surface area contributed by atoms with Crippen molar-refractivity contribution < 1.29 is 9.53 Å². The number of hydrogen-bond acceptors (Lipinski definition) is 4. The molecule has 0 saturated heterocycles. The molecule has 0 radical (unpaired) electrons. The van der Waals surface area contributed by atoms with Crippen molar-refractivity contribution in [1.29, 1.82) is 0 Å². The molecule has 3 rings (SSSR count). The molecule has 28 heavy (non-hydrogen) atoms. The van der Waals surface area contributed by atoms with Crippen LogP contribution in [0.15, 0.2) is 48.7 Å². The zero-order valence-electron chi connectivity index (χ0n) is 16.6. The van der Waals surface area contributed by atoms with Gasteiger partial charge in [0.2, 0.25) is 11.8 Å². The molecule has 3 aromatic rings. The van der Waals surface area contributed by atoms with Crippen LogP contribution in [0.2, 0.25) is 0 Å². The average molecular weight is 376 g/mol. The molecule has 144 valence electrons. The number of methoxy groups -OCH3 is 1. The number of carbonyl (C=O) groups excluding carboxylic acids is 1. The van der Waals surface area contributed by atoms with Gasteiger partial charge in [0.05, 0.1) is 19.3 Å². The Morgan fingerprint density at radius 2 is 1.93 bits per heavy atom. The smallest absolute Gasteiger partial charge is 0.248 e. The summed E-state index contributed by atoms with van der Waals surface area (Å²) >= 11 is 0. The van der Waals surface area contributed by atoms with E-state index in [0.717, 1.165) is 17.0 Å². The van der Waals surface area contributed by atoms with Gasteiger partial charge in [-0.05, 0) is 44.5 Å². The number of aromatic nitrogens is 3. The number of rotatable bonds is 6. The lowest BCUT2D eigenvalue weighted by atomic mass is 10.1. The first-order valence-corrected chi connectivity index (χ1v) is 9.05. The van der Waals surface area contributed by atoms with Crippen LogP contribution in [0.5, 0.6) is 5.88 Å². The molecule has 0 fully saturated rings. The van der Waals surface area contributed by atoms with Crippen molar-refractivity contribution >= 4 is 17.7 Å². The molecule has 0 bridgehead atoms. The van der Waals surface area contributed by atoms with Crippen molar-refractivity contribution in [2.24, 2.45) is 0 Å². The Bertz CT molecular complexity index is 1000. The molecule has 1 aromatic carbocycles. The molecule has 2 aromatic heterocycles. The van der Waals surface area contributed by atoms with E-state index in [1.807, 2.05) is 18.5 Å². The topological polar surface area (TPSA) is 69.0 Å². The summed E-state index contributed by atoms with van der Waals surface area (Å²) in [7, 11) is 1.52. The normalized spacial score (nSPS) is 11.0. The number of carbonyl (C=O) groups is 1. The van der Waals surface area contributed by atoms with Crippen LogP contribution < -0.4 is 10.1 Å². The number of hydrogen-bond donors (Lipinski definition) is 1. The van der Waals surface area contributed by atoms with E-state index in [-0.39, 0.29) is 5.91 Å². The van der Waals surface area contributed by atoms with Crippen LogP contribution in [-0.4, -0.2) is 27.8 Å². The van der Waals surface area contributed by atoms with Crippen LogP contribution in [-0.2, 0) is 11.3 Å². The van der Waals surface area contributed by atoms with Crippen molar-refractivity contribution in [3.63, 3.8) is 0 Å². The van der Waals surface area contributed by atoms with Gasteiger partial charge in [0.25, 0.3) is 0 Å². The highest BCUT2D eigenvalue weighted by molar-refractivity contribution is 6.02. The van der Waals surface area contributed by atoms with E-state index in [0.29, 0.717) is 18.1 Å². The molecule has 0 unspecified atom stereocenters. The summed E-state index contributed by atoms with van der Waals surface area (Å²) in [6.07, 6.45) is 4.90. The largest absolute Gasteiger partial charge is 0.480 e. The van der Waals surface area contributed by atoms with Crippen molar-refractivity contribution in [2.45, 2.75) is 27.3 Å². The fourth-order valence-corrected chi connectivity index (χ4v) is 2.95. The second kappa shape index (κ2) is 8.52. The van der Waals surface area contributed by atoms with E-state index < -0.39 is 0 Å². The Hall–Kier alpha value is -3.41. The minimum atomic E-state index is -0.253. The van der Waals surface area contributed by atoms with Gasteiger partial charge in [0.1, 0.15) is 5.69 Å². The van der Waals surface area contributed by atoms with Gasteiger partial charge in [-0.3, -0.25) is 9.48 Å². The van der Waals surface area contributed by atoms with Crippen molar-refractivity contribution in [1.82, 2.24) is 14.8 Å². The molecule has 1 amide bonds. The average Bonchev–Trinajstić information content (AvgIpc) is 2.95. The number of nitrogens with zero attached hydrogens (tertiary/aromatic N) is 3. The maximum Gasteiger partial charge on any atom is 0.248 e. The number of anilines is 1. The Morgan fingerprint density at radius 1 is 1.18 bits per heavy atom. The summed E-state index contributed by atoms with van der Waals surface area (Å²) < 4.78 is 7.11. The lowest BCUT2D eigenvalue weighted by Gasteiger charge is -2.06. The summed E-state index contributed by atoms with van der Waals surface area (Å²) in [6, 6.07) is 11.9. The van der Waals surface area contributed by atoms with Gasteiger partial charge in [-0.1, -0.05) is 29.8 Å². The third-order valence-corrected chi connectivity index (χ3v) is 4.51. The second-order valence-corrected chi connectivity index (χ2v) is 6.61. The third kappa shape index (κ3) is 4.46. The highest BCUT2D eigenvalue weighted by atomic mass is 16.5. The third-order valence-electron chi connectivity index (χ3n) is 4.51. The molecule has 0 spiro atoms. The van der Waals surface area contributed by atoms with Crippen molar-refractivity contribution in [2.75, 3.05) is 12.4 Å². The van der Waals surface area contributed by atoms with Gasteiger partial charge in [0.15, 0.2) is 0 Å². The molecule has 6 heteroatoms. The molecule has 2 heterocycles. The highest BCUT2D eigenvalue weighted by Crippen LogP contribution is 2.20. The van der Waals surface area contributed by atoms with Gasteiger partial charge in [-0.15, -0.1) is 0 Å². The summed E-state index contributed by atoms with van der Waals surface area (Å²) in [5, 5.41) is 7.40. The second-order valence-electron chi connectivity index (χ2n) is 6.61. The SMILES string of the molecule is COc1ncccc1NC(=O)C=Cc1c(C)nn(Cc2ccc(C)cc2)c1C. The first-order valence-electron chi connectivity index (χ1n) is 9.05. The van der Waals surface area contributed by atoms with Crippen molar-refractivity contribution in [3.8, 4) is 5.88 Å². The lowest BCUT2D eigenvalue weighted by Crippen LogP contribution is -2.09. The maximum atomic E-state index is 12.3. The zero-order chi connectivity index (χ0) is 20.1. The molecule has 0 atom stereocenters. The van der Waals surface area contributed by atoms with Crippen LogP contribution in [0.1, 0.15) is 28.1 Å². The molecule has 0 aliphatic carbocycles. The predicted octanol–water partition coefficient (Wildman–Crippen LogP) is 3.91. The Balaban J connectivity index is 1.74. The number of nitrogens with one attached hydrogen (secondary N) is 1. The Morgan fingerprint density at radius 3 is 2.64 bits per heavy atom. The van der Waals surface area contributed by atoms with Gasteiger partial charge < -0.3 is 10.1 Å². The molecule has 0 saturated carbocycles. The first kappa shape index (κ1) is 19.4. The predicted molar refractivity (Wildman–Crippen MR) is 110 cm³/mol. The van der Waals surface area contributed by atoms with E-state index in [9.17, 15) is 4.79 Å². The maximum absolute atomic E-state index is 12.3. The van der Waals surface area contributed by atoms with Gasteiger partial charge >= 0.3 is 0 Å². The van der Waals surface area contributed by atoms with Gasteiger partial charge in [-0.25, -0.2) is 4.98 Å². The standard InChI is InChI=1S/C22H24N4O2/c1-15-7-9-18(10-8-15)14-26-17(3)19(16(2)25-26)11-12-21(27)24-20-6-5-13-23-22(20)28-4/h5-13H,14H2,1-4H3,(H,24,27). The Kier molecular flexibility index (Phi) is 5.89. The monoisotopic (exact) mass is 376 g/mol. The summed E-state index contributed by atoms with van der Waals surface area (Å²) in [5.74, 6) is 0.124. The summed E-state index contributed by atoms with van der Waals surface area (Å²) in [6.45, 7) is 6.72. The zero-order valence-corrected chi connectivity index (χ0v) is 16.6. The van der Waals surface area contributed by atoms with Crippen LogP contribution in [0, 0.1) is 20.8 Å². The molecular formula is C22H24N4O2. The van der Waals surface area contributed by atoms with Crippen LogP contribution in [0.3, 0.4) is 0 Å². The van der Waals surface area contributed by atoms with Gasteiger partial charge in [0, 0.05) is 23.5 Å². The quantitative estimate of drug-likeness (QED) is 0.662. The Labute approximate surface area is 164 Å². The van der Waals surface area contributed by atoms with E-state index >= 15 is 0 Å². The number of ether oxygens (including phenoxy) is 1. The lowest BCUT2D eigenvalue weighted by molar-refractivity contribution is -0.111. The molecule has 0 aliphatic rings. The van der Waals surface area contributed by atoms with E-state index in [1.165, 1.54) is 24.3 Å². The fourth-order valence-electron chi connectivity index (χ4n) is 2.95. The van der Waals surface area contributed by atoms with Crippen LogP contribution in [0.25, 0.3) is 6.08 Å². The van der Waals surface area contributed by atoms with Crippen LogP contribution in [0.4, 0.5) is 5.69 Å². The van der Waals surface area contributed by atoms with Crippen molar-refractivity contribution in [3.05, 3.63) is 76.7 Å². The minimum Gasteiger partial charge on any atom is -0.480 e. The number of aryl methyl sites for hydroxylation is 2. The summed E-state index contributed by atoms with van der Waals surface area (Å²) in [4.78, 5) is 16.4. The molecule has 0 aliphatic heterocycles. The first-order chi connectivity index (χ1) is 13.5. The van der Waals surface area contributed by atoms with E-state index in [1.54, 1.807) is 24.4 Å². The highest BCUT2D eigenvalue weighted by Gasteiger charge is 2.11. The minimum absolute atomic E-state index is 0.253. The van der Waals surface area contributed by atoms with E-state index in [4.69, 9.17) is 4.74 Å². The molecule has 1 N–H and O–H groups in total. The fraction of sp³-hybridized carbons (Fsp3) is 0.227. The number of benzene rings is 1.